The molecule has 2 aromatic rings. The summed E-state index contributed by atoms with van der Waals surface area (Å²) in [6.07, 6.45) is 4.09. The molecule has 1 aliphatic heterocycles. The molecule has 5 nitrogen and oxygen atoms in total. The average molecular weight is 361 g/mol. The van der Waals surface area contributed by atoms with Gasteiger partial charge in [-0.15, -0.1) is 12.4 Å². The number of carbonyl (C=O) groups is 1. The first-order chi connectivity index (χ1) is 11.7. The minimum atomic E-state index is 0. The average Bonchev–Trinajstić information content (AvgIpc) is 3.08. The molecule has 0 bridgehead atoms. The van der Waals surface area contributed by atoms with Crippen LogP contribution in [0.4, 0.5) is 0 Å². The number of benzene rings is 1. The van der Waals surface area contributed by atoms with Crippen LogP contribution in [0.15, 0.2) is 24.3 Å². The molecular formula is C19H25ClN4O. The predicted molar refractivity (Wildman–Crippen MR) is 101 cm³/mol. The molecule has 0 radical (unpaired) electrons. The Morgan fingerprint density at radius 2 is 1.88 bits per heavy atom. The predicted octanol–water partition coefficient (Wildman–Crippen LogP) is 2.53. The summed E-state index contributed by atoms with van der Waals surface area (Å²) in [5.74, 6) is 0.0997. The molecule has 0 saturated carbocycles. The maximum Gasteiger partial charge on any atom is 0.274 e. The van der Waals surface area contributed by atoms with Crippen molar-refractivity contribution in [1.82, 2.24) is 20.0 Å². The van der Waals surface area contributed by atoms with Crippen molar-refractivity contribution >= 4 is 18.3 Å². The maximum absolute atomic E-state index is 13.0. The van der Waals surface area contributed by atoms with E-state index in [-0.39, 0.29) is 18.3 Å². The minimum absolute atomic E-state index is 0. The van der Waals surface area contributed by atoms with E-state index in [9.17, 15) is 4.79 Å². The summed E-state index contributed by atoms with van der Waals surface area (Å²) in [5, 5.41) is 8.10. The zero-order valence-corrected chi connectivity index (χ0v) is 15.4. The number of nitrogens with zero attached hydrogens (tertiary/aromatic N) is 3. The van der Waals surface area contributed by atoms with E-state index in [1.807, 2.05) is 9.58 Å². The van der Waals surface area contributed by atoms with Gasteiger partial charge in [0.25, 0.3) is 5.91 Å². The highest BCUT2D eigenvalue weighted by Crippen LogP contribution is 2.28. The topological polar surface area (TPSA) is 50.2 Å². The molecule has 1 fully saturated rings. The van der Waals surface area contributed by atoms with Crippen LogP contribution in [0.3, 0.4) is 0 Å². The number of rotatable bonds is 2. The maximum atomic E-state index is 13.0. The number of aromatic nitrogens is 2. The largest absolute Gasteiger partial charge is 0.336 e. The molecule has 1 amide bonds. The van der Waals surface area contributed by atoms with E-state index in [0.29, 0.717) is 5.69 Å². The lowest BCUT2D eigenvalue weighted by molar-refractivity contribution is 0.0759. The minimum Gasteiger partial charge on any atom is -0.336 e. The fraction of sp³-hybridized carbons (Fsp3) is 0.474. The van der Waals surface area contributed by atoms with Gasteiger partial charge in [0, 0.05) is 30.9 Å². The molecule has 0 spiro atoms. The Morgan fingerprint density at radius 1 is 1.08 bits per heavy atom. The SMILES string of the molecule is Cc1ccc(-n2nc(C(=O)N3CCCNCC3)c3c2CCC3)cc1.Cl. The quantitative estimate of drug-likeness (QED) is 0.895. The molecule has 0 unspecified atom stereocenters. The van der Waals surface area contributed by atoms with E-state index < -0.39 is 0 Å². The molecule has 134 valence electrons. The lowest BCUT2D eigenvalue weighted by Gasteiger charge is -2.19. The summed E-state index contributed by atoms with van der Waals surface area (Å²) in [6, 6.07) is 8.37. The molecule has 0 atom stereocenters. The summed E-state index contributed by atoms with van der Waals surface area (Å²) in [5.41, 5.74) is 5.34. The second kappa shape index (κ2) is 7.58. The summed E-state index contributed by atoms with van der Waals surface area (Å²) in [6.45, 7) is 5.52. The molecule has 4 rings (SSSR count). The number of carbonyl (C=O) groups excluding carboxylic acids is 1. The van der Waals surface area contributed by atoms with E-state index in [4.69, 9.17) is 5.10 Å². The van der Waals surface area contributed by atoms with Crippen molar-refractivity contribution in [2.24, 2.45) is 0 Å². The van der Waals surface area contributed by atoms with Crippen LogP contribution in [0, 0.1) is 6.92 Å². The Hall–Kier alpha value is -1.85. The number of fused-ring (bicyclic) bond motifs is 1. The van der Waals surface area contributed by atoms with Gasteiger partial charge < -0.3 is 10.2 Å². The fourth-order valence-electron chi connectivity index (χ4n) is 3.71. The third-order valence-corrected chi connectivity index (χ3v) is 5.04. The van der Waals surface area contributed by atoms with Gasteiger partial charge >= 0.3 is 0 Å². The molecule has 6 heteroatoms. The summed E-state index contributed by atoms with van der Waals surface area (Å²) in [4.78, 5) is 15.0. The Morgan fingerprint density at radius 3 is 2.68 bits per heavy atom. The molecule has 1 aromatic carbocycles. The van der Waals surface area contributed by atoms with Crippen LogP contribution in [0.5, 0.6) is 0 Å². The van der Waals surface area contributed by atoms with Crippen molar-refractivity contribution in [1.29, 1.82) is 0 Å². The van der Waals surface area contributed by atoms with Crippen molar-refractivity contribution in [3.05, 3.63) is 46.8 Å². The van der Waals surface area contributed by atoms with Gasteiger partial charge in [-0.1, -0.05) is 17.7 Å². The normalized spacial score (nSPS) is 16.9. The van der Waals surface area contributed by atoms with Crippen molar-refractivity contribution in [3.63, 3.8) is 0 Å². The lowest BCUT2D eigenvalue weighted by atomic mass is 10.1. The van der Waals surface area contributed by atoms with Crippen LogP contribution in [0.2, 0.25) is 0 Å². The van der Waals surface area contributed by atoms with Crippen LogP contribution in [-0.4, -0.2) is 46.8 Å². The standard InChI is InChI=1S/C19H24N4O.ClH/c1-14-6-8-15(9-7-14)23-17-5-2-4-16(17)18(21-23)19(24)22-12-3-10-20-11-13-22;/h6-9,20H,2-5,10-13H2,1H3;1H. The van der Waals surface area contributed by atoms with Gasteiger partial charge in [-0.05, 0) is 51.3 Å². The first-order valence-corrected chi connectivity index (χ1v) is 8.92. The highest BCUT2D eigenvalue weighted by Gasteiger charge is 2.29. The van der Waals surface area contributed by atoms with Gasteiger partial charge in [-0.25, -0.2) is 4.68 Å². The molecule has 1 aromatic heterocycles. The van der Waals surface area contributed by atoms with Crippen LogP contribution >= 0.6 is 12.4 Å². The van der Waals surface area contributed by atoms with Crippen molar-refractivity contribution in [2.75, 3.05) is 26.2 Å². The van der Waals surface area contributed by atoms with Crippen molar-refractivity contribution in [3.8, 4) is 5.69 Å². The third-order valence-electron chi connectivity index (χ3n) is 5.04. The lowest BCUT2D eigenvalue weighted by Crippen LogP contribution is -2.35. The first-order valence-electron chi connectivity index (χ1n) is 8.92. The van der Waals surface area contributed by atoms with Crippen molar-refractivity contribution in [2.45, 2.75) is 32.6 Å². The molecule has 25 heavy (non-hydrogen) atoms. The molecule has 1 saturated heterocycles. The van der Waals surface area contributed by atoms with Crippen LogP contribution < -0.4 is 5.32 Å². The smallest absolute Gasteiger partial charge is 0.274 e. The number of halogens is 1. The van der Waals surface area contributed by atoms with Gasteiger partial charge in [0.05, 0.1) is 5.69 Å². The Labute approximate surface area is 154 Å². The van der Waals surface area contributed by atoms with Gasteiger partial charge in [0.1, 0.15) is 0 Å². The summed E-state index contributed by atoms with van der Waals surface area (Å²) >= 11 is 0. The zero-order chi connectivity index (χ0) is 16.5. The van der Waals surface area contributed by atoms with E-state index in [1.54, 1.807) is 0 Å². The number of aryl methyl sites for hydroxylation is 1. The van der Waals surface area contributed by atoms with Crippen molar-refractivity contribution < 1.29 is 4.79 Å². The van der Waals surface area contributed by atoms with Crippen LogP contribution in [-0.2, 0) is 12.8 Å². The summed E-state index contributed by atoms with van der Waals surface area (Å²) in [7, 11) is 0. The zero-order valence-electron chi connectivity index (χ0n) is 14.6. The fourth-order valence-corrected chi connectivity index (χ4v) is 3.71. The highest BCUT2D eigenvalue weighted by molar-refractivity contribution is 5.94. The van der Waals surface area contributed by atoms with Crippen LogP contribution in [0.1, 0.15) is 40.2 Å². The Kier molecular flexibility index (Phi) is 5.45. The van der Waals surface area contributed by atoms with Gasteiger partial charge in [0.2, 0.25) is 0 Å². The van der Waals surface area contributed by atoms with E-state index >= 15 is 0 Å². The molecule has 2 aliphatic rings. The Bertz CT molecular complexity index is 746. The molecular weight excluding hydrogens is 336 g/mol. The third kappa shape index (κ3) is 3.44. The van der Waals surface area contributed by atoms with Gasteiger partial charge in [-0.3, -0.25) is 4.79 Å². The highest BCUT2D eigenvalue weighted by atomic mass is 35.5. The van der Waals surface area contributed by atoms with Gasteiger partial charge in [0.15, 0.2) is 5.69 Å². The molecule has 1 aliphatic carbocycles. The number of amides is 1. The van der Waals surface area contributed by atoms with Crippen LogP contribution in [0.25, 0.3) is 5.69 Å². The van der Waals surface area contributed by atoms with E-state index in [0.717, 1.165) is 63.1 Å². The number of hydrogen-bond donors (Lipinski definition) is 1. The second-order valence-electron chi connectivity index (χ2n) is 6.77. The number of hydrogen-bond acceptors (Lipinski definition) is 3. The molecule has 2 heterocycles. The summed E-state index contributed by atoms with van der Waals surface area (Å²) < 4.78 is 1.99. The monoisotopic (exact) mass is 360 g/mol. The first kappa shape index (κ1) is 18.0. The van der Waals surface area contributed by atoms with E-state index in [2.05, 4.69) is 36.5 Å². The molecule has 1 N–H and O–H groups in total. The number of nitrogens with one attached hydrogen (secondary N) is 1. The second-order valence-corrected chi connectivity index (χ2v) is 6.77. The van der Waals surface area contributed by atoms with E-state index in [1.165, 1.54) is 11.3 Å². The Balaban J connectivity index is 0.00000182. The van der Waals surface area contributed by atoms with Gasteiger partial charge in [-0.2, -0.15) is 5.10 Å².